The molecule has 2 nitrogen and oxygen atoms in total. The van der Waals surface area contributed by atoms with Gasteiger partial charge in [-0.05, 0) is 18.9 Å². The van der Waals surface area contributed by atoms with E-state index in [4.69, 9.17) is 10.5 Å². The van der Waals surface area contributed by atoms with E-state index in [1.165, 1.54) is 25.7 Å². The van der Waals surface area contributed by atoms with Crippen molar-refractivity contribution < 1.29 is 13.5 Å². The lowest BCUT2D eigenvalue weighted by atomic mass is 9.77. The first kappa shape index (κ1) is 13.3. The van der Waals surface area contributed by atoms with E-state index < -0.39 is 12.0 Å². The van der Waals surface area contributed by atoms with Gasteiger partial charge >= 0.3 is 0 Å². The Morgan fingerprint density at radius 1 is 1.22 bits per heavy atom. The molecular weight excluding hydrogens is 236 g/mol. The molecule has 1 aromatic rings. The number of rotatable bonds is 3. The molecule has 0 spiro atoms. The molecule has 1 aliphatic rings. The molecule has 0 unspecified atom stereocenters. The second kappa shape index (κ2) is 5.22. The van der Waals surface area contributed by atoms with Gasteiger partial charge in [0, 0.05) is 16.7 Å². The molecule has 0 aromatic heterocycles. The Balaban J connectivity index is 2.37. The molecular formula is C14H19F2NO. The van der Waals surface area contributed by atoms with Crippen molar-refractivity contribution in [2.24, 2.45) is 5.73 Å². The summed E-state index contributed by atoms with van der Waals surface area (Å²) >= 11 is 0. The summed E-state index contributed by atoms with van der Waals surface area (Å²) in [6, 6.07) is 4.56. The lowest BCUT2D eigenvalue weighted by Crippen LogP contribution is -2.38. The summed E-state index contributed by atoms with van der Waals surface area (Å²) in [4.78, 5) is 0. The van der Waals surface area contributed by atoms with Crippen LogP contribution < -0.4 is 10.5 Å². The summed E-state index contributed by atoms with van der Waals surface area (Å²) in [5.74, 6) is 0.484. The quantitative estimate of drug-likeness (QED) is 0.892. The maximum Gasteiger partial charge on any atom is 0.263 e. The second-order valence-electron chi connectivity index (χ2n) is 4.98. The lowest BCUT2D eigenvalue weighted by molar-refractivity contribution is 0.151. The highest BCUT2D eigenvalue weighted by Crippen LogP contribution is 2.40. The summed E-state index contributed by atoms with van der Waals surface area (Å²) in [5, 5.41) is 0. The molecule has 1 aliphatic carbocycles. The van der Waals surface area contributed by atoms with Crippen LogP contribution in [0, 0.1) is 0 Å². The highest BCUT2D eigenvalue weighted by atomic mass is 19.3. The summed E-state index contributed by atoms with van der Waals surface area (Å²) in [6.07, 6.45) is 2.64. The Labute approximate surface area is 106 Å². The van der Waals surface area contributed by atoms with Gasteiger partial charge in [-0.15, -0.1) is 0 Å². The summed E-state index contributed by atoms with van der Waals surface area (Å²) in [7, 11) is 1.50. The fourth-order valence-electron chi connectivity index (χ4n) is 2.71. The number of ether oxygens (including phenoxy) is 1. The minimum atomic E-state index is -2.48. The van der Waals surface area contributed by atoms with Crippen LogP contribution in [0.25, 0.3) is 0 Å². The van der Waals surface area contributed by atoms with Gasteiger partial charge in [-0.25, -0.2) is 8.78 Å². The van der Waals surface area contributed by atoms with Crippen molar-refractivity contribution in [1.82, 2.24) is 0 Å². The highest BCUT2D eigenvalue weighted by Gasteiger charge is 2.32. The highest BCUT2D eigenvalue weighted by molar-refractivity contribution is 5.42. The van der Waals surface area contributed by atoms with Gasteiger partial charge in [-0.3, -0.25) is 0 Å². The Bertz CT molecular complexity index is 414. The molecule has 1 aromatic carbocycles. The lowest BCUT2D eigenvalue weighted by Gasteiger charge is -2.35. The van der Waals surface area contributed by atoms with Crippen LogP contribution in [0.5, 0.6) is 5.75 Å². The number of hydrogen-bond donors (Lipinski definition) is 1. The largest absolute Gasteiger partial charge is 0.496 e. The molecule has 2 rings (SSSR count). The van der Waals surface area contributed by atoms with Crippen LogP contribution in [0.3, 0.4) is 0 Å². The topological polar surface area (TPSA) is 35.2 Å². The molecule has 4 heteroatoms. The van der Waals surface area contributed by atoms with Crippen molar-refractivity contribution in [3.05, 3.63) is 29.3 Å². The Hall–Kier alpha value is -1.16. The van der Waals surface area contributed by atoms with Crippen LogP contribution in [0.1, 0.15) is 49.7 Å². The van der Waals surface area contributed by atoms with Crippen molar-refractivity contribution in [3.8, 4) is 5.75 Å². The van der Waals surface area contributed by atoms with Gasteiger partial charge in [0.2, 0.25) is 0 Å². The smallest absolute Gasteiger partial charge is 0.263 e. The van der Waals surface area contributed by atoms with Crippen molar-refractivity contribution in [2.75, 3.05) is 7.11 Å². The number of hydrogen-bond acceptors (Lipinski definition) is 2. The zero-order valence-electron chi connectivity index (χ0n) is 10.6. The number of alkyl halides is 2. The molecule has 0 amide bonds. The van der Waals surface area contributed by atoms with Crippen molar-refractivity contribution in [1.29, 1.82) is 0 Å². The number of methoxy groups -OCH3 is 1. The van der Waals surface area contributed by atoms with Crippen LogP contribution in [0.2, 0.25) is 0 Å². The Morgan fingerprint density at radius 2 is 1.89 bits per heavy atom. The van der Waals surface area contributed by atoms with E-state index in [-0.39, 0.29) is 5.56 Å². The van der Waals surface area contributed by atoms with E-state index in [0.29, 0.717) is 5.75 Å². The molecule has 100 valence electrons. The van der Waals surface area contributed by atoms with Gasteiger partial charge in [0.1, 0.15) is 5.75 Å². The average molecular weight is 255 g/mol. The maximum atomic E-state index is 12.7. The minimum absolute atomic E-state index is 0.0185. The fraction of sp³-hybridized carbons (Fsp3) is 0.571. The number of nitrogens with two attached hydrogens (primary N) is 1. The van der Waals surface area contributed by atoms with E-state index in [1.807, 2.05) is 0 Å². The van der Waals surface area contributed by atoms with E-state index >= 15 is 0 Å². The summed E-state index contributed by atoms with van der Waals surface area (Å²) in [5.41, 5.74) is 6.83. The number of halogens is 2. The first-order valence-electron chi connectivity index (χ1n) is 6.32. The van der Waals surface area contributed by atoms with Crippen molar-refractivity contribution in [3.63, 3.8) is 0 Å². The van der Waals surface area contributed by atoms with Crippen molar-refractivity contribution >= 4 is 0 Å². The average Bonchev–Trinajstić information content (AvgIpc) is 2.38. The normalized spacial score (nSPS) is 18.9. The Kier molecular flexibility index (Phi) is 3.85. The van der Waals surface area contributed by atoms with E-state index in [1.54, 1.807) is 6.07 Å². The first-order chi connectivity index (χ1) is 8.57. The van der Waals surface area contributed by atoms with E-state index in [9.17, 15) is 8.78 Å². The molecule has 0 radical (unpaired) electrons. The van der Waals surface area contributed by atoms with Gasteiger partial charge in [0.25, 0.3) is 6.43 Å². The first-order valence-corrected chi connectivity index (χ1v) is 6.32. The van der Waals surface area contributed by atoms with Crippen LogP contribution in [-0.2, 0) is 5.54 Å². The maximum absolute atomic E-state index is 12.7. The predicted octanol–water partition coefficient (Wildman–Crippen LogP) is 3.75. The van der Waals surface area contributed by atoms with Gasteiger partial charge in [-0.1, -0.05) is 31.4 Å². The molecule has 0 atom stereocenters. The van der Waals surface area contributed by atoms with E-state index in [2.05, 4.69) is 0 Å². The molecule has 2 N–H and O–H groups in total. The standard InChI is InChI=1S/C14H19F2NO/c1-18-12-9-10(13(15)16)5-6-11(12)14(17)7-3-2-4-8-14/h5-6,9,13H,2-4,7-8,17H2,1H3. The monoisotopic (exact) mass is 255 g/mol. The summed E-state index contributed by atoms with van der Waals surface area (Å²) < 4.78 is 30.6. The third kappa shape index (κ3) is 2.48. The van der Waals surface area contributed by atoms with Gasteiger partial charge < -0.3 is 10.5 Å². The SMILES string of the molecule is COc1cc(C(F)F)ccc1C1(N)CCCCC1. The minimum Gasteiger partial charge on any atom is -0.496 e. The van der Waals surface area contributed by atoms with Crippen molar-refractivity contribution in [2.45, 2.75) is 44.1 Å². The zero-order chi connectivity index (χ0) is 13.2. The molecule has 0 aliphatic heterocycles. The van der Waals surface area contributed by atoms with Crippen LogP contribution >= 0.6 is 0 Å². The third-order valence-corrected chi connectivity index (χ3v) is 3.76. The number of benzene rings is 1. The molecule has 1 fully saturated rings. The summed E-state index contributed by atoms with van der Waals surface area (Å²) in [6.45, 7) is 0. The van der Waals surface area contributed by atoms with Crippen LogP contribution in [0.4, 0.5) is 8.78 Å². The predicted molar refractivity (Wildman–Crippen MR) is 66.9 cm³/mol. The second-order valence-corrected chi connectivity index (χ2v) is 4.98. The van der Waals surface area contributed by atoms with Gasteiger partial charge in [0.15, 0.2) is 0 Å². The molecule has 0 saturated heterocycles. The third-order valence-electron chi connectivity index (χ3n) is 3.76. The fourth-order valence-corrected chi connectivity index (χ4v) is 2.71. The Morgan fingerprint density at radius 3 is 2.44 bits per heavy atom. The van der Waals surface area contributed by atoms with Gasteiger partial charge in [0.05, 0.1) is 7.11 Å². The van der Waals surface area contributed by atoms with Crippen LogP contribution in [-0.4, -0.2) is 7.11 Å². The van der Waals surface area contributed by atoms with Gasteiger partial charge in [-0.2, -0.15) is 0 Å². The molecule has 0 bridgehead atoms. The molecule has 1 saturated carbocycles. The zero-order valence-corrected chi connectivity index (χ0v) is 10.6. The molecule has 0 heterocycles. The van der Waals surface area contributed by atoms with E-state index in [0.717, 1.165) is 31.2 Å². The van der Waals surface area contributed by atoms with Crippen LogP contribution in [0.15, 0.2) is 18.2 Å². The molecule has 18 heavy (non-hydrogen) atoms.